The van der Waals surface area contributed by atoms with Gasteiger partial charge in [-0.15, -0.1) is 0 Å². The molecule has 2 N–H and O–H groups in total. The topological polar surface area (TPSA) is 29.3 Å². The Morgan fingerprint density at radius 2 is 2.19 bits per heavy atom. The molecule has 1 rings (SSSR count). The average Bonchev–Trinajstić information content (AvgIpc) is 2.24. The molecule has 0 spiro atoms. The van der Waals surface area contributed by atoms with Gasteiger partial charge in [0.1, 0.15) is 5.82 Å². The maximum Gasteiger partial charge on any atom is 0.123 e. The molecule has 0 saturated heterocycles. The number of nitrogens with zero attached hydrogens (tertiary/aromatic N) is 1. The number of hydrogen-bond acceptors (Lipinski definition) is 3. The van der Waals surface area contributed by atoms with Gasteiger partial charge in [-0.1, -0.05) is 12.1 Å². The Bertz CT molecular complexity index is 318. The SMILES string of the molecule is CN(C)CCSCC(N)c1cccc(F)c1. The summed E-state index contributed by atoms with van der Waals surface area (Å²) in [6.45, 7) is 1.04. The predicted molar refractivity (Wildman–Crippen MR) is 69.2 cm³/mol. The van der Waals surface area contributed by atoms with Gasteiger partial charge in [0, 0.05) is 24.1 Å². The van der Waals surface area contributed by atoms with Crippen LogP contribution in [-0.4, -0.2) is 37.0 Å². The van der Waals surface area contributed by atoms with Crippen LogP contribution in [0.5, 0.6) is 0 Å². The van der Waals surface area contributed by atoms with E-state index in [0.29, 0.717) is 0 Å². The van der Waals surface area contributed by atoms with Gasteiger partial charge in [-0.3, -0.25) is 0 Å². The molecule has 1 aromatic rings. The molecule has 0 aliphatic rings. The predicted octanol–water partition coefficient (Wildman–Crippen LogP) is 2.12. The highest BCUT2D eigenvalue weighted by atomic mass is 32.2. The van der Waals surface area contributed by atoms with E-state index in [0.717, 1.165) is 23.6 Å². The van der Waals surface area contributed by atoms with Crippen LogP contribution in [0.15, 0.2) is 24.3 Å². The van der Waals surface area contributed by atoms with Gasteiger partial charge in [-0.25, -0.2) is 4.39 Å². The maximum atomic E-state index is 13.0. The van der Waals surface area contributed by atoms with Crippen LogP contribution in [-0.2, 0) is 0 Å². The molecule has 90 valence electrons. The molecule has 0 radical (unpaired) electrons. The first kappa shape index (κ1) is 13.5. The largest absolute Gasteiger partial charge is 0.323 e. The third-order valence-electron chi connectivity index (χ3n) is 2.26. The highest BCUT2D eigenvalue weighted by molar-refractivity contribution is 7.99. The zero-order valence-corrected chi connectivity index (χ0v) is 10.6. The fraction of sp³-hybridized carbons (Fsp3) is 0.500. The highest BCUT2D eigenvalue weighted by Crippen LogP contribution is 2.16. The first-order chi connectivity index (χ1) is 7.59. The number of thioether (sulfide) groups is 1. The molecule has 0 amide bonds. The molecular formula is C12H19FN2S. The maximum absolute atomic E-state index is 13.0. The second-order valence-corrected chi connectivity index (χ2v) is 5.19. The Labute approximate surface area is 101 Å². The van der Waals surface area contributed by atoms with Crippen LogP contribution in [0.4, 0.5) is 4.39 Å². The van der Waals surface area contributed by atoms with Crippen LogP contribution in [0.1, 0.15) is 11.6 Å². The van der Waals surface area contributed by atoms with Gasteiger partial charge in [0.2, 0.25) is 0 Å². The van der Waals surface area contributed by atoms with E-state index in [-0.39, 0.29) is 11.9 Å². The number of halogens is 1. The molecule has 0 fully saturated rings. The van der Waals surface area contributed by atoms with Gasteiger partial charge in [0.15, 0.2) is 0 Å². The van der Waals surface area contributed by atoms with E-state index in [9.17, 15) is 4.39 Å². The molecule has 0 heterocycles. The Kier molecular flexibility index (Phi) is 5.80. The standard InChI is InChI=1S/C12H19FN2S/c1-15(2)6-7-16-9-12(14)10-4-3-5-11(13)8-10/h3-5,8,12H,6-7,9,14H2,1-2H3. The Morgan fingerprint density at radius 1 is 1.44 bits per heavy atom. The van der Waals surface area contributed by atoms with Crippen molar-refractivity contribution in [2.45, 2.75) is 6.04 Å². The first-order valence-corrected chi connectivity index (χ1v) is 6.48. The second-order valence-electron chi connectivity index (χ2n) is 4.04. The lowest BCUT2D eigenvalue weighted by Crippen LogP contribution is -2.17. The van der Waals surface area contributed by atoms with E-state index in [1.165, 1.54) is 12.1 Å². The van der Waals surface area contributed by atoms with Crippen LogP contribution in [0, 0.1) is 5.82 Å². The molecule has 0 aromatic heterocycles. The van der Waals surface area contributed by atoms with Crippen molar-refractivity contribution in [3.8, 4) is 0 Å². The molecule has 0 saturated carbocycles. The minimum Gasteiger partial charge on any atom is -0.323 e. The lowest BCUT2D eigenvalue weighted by molar-refractivity contribution is 0.437. The van der Waals surface area contributed by atoms with Crippen molar-refractivity contribution in [1.82, 2.24) is 4.90 Å². The summed E-state index contributed by atoms with van der Waals surface area (Å²) in [6.07, 6.45) is 0. The lowest BCUT2D eigenvalue weighted by Gasteiger charge is -2.13. The Morgan fingerprint density at radius 3 is 2.81 bits per heavy atom. The van der Waals surface area contributed by atoms with Crippen LogP contribution < -0.4 is 5.73 Å². The van der Waals surface area contributed by atoms with E-state index >= 15 is 0 Å². The third kappa shape index (κ3) is 4.96. The van der Waals surface area contributed by atoms with E-state index in [4.69, 9.17) is 5.73 Å². The second kappa shape index (κ2) is 6.89. The minimum absolute atomic E-state index is 0.0807. The molecule has 1 atom stereocenters. The summed E-state index contributed by atoms with van der Waals surface area (Å²) in [5, 5.41) is 0. The molecular weight excluding hydrogens is 223 g/mol. The van der Waals surface area contributed by atoms with Crippen molar-refractivity contribution in [3.05, 3.63) is 35.6 Å². The smallest absolute Gasteiger partial charge is 0.123 e. The van der Waals surface area contributed by atoms with E-state index < -0.39 is 0 Å². The fourth-order valence-corrected chi connectivity index (χ4v) is 2.40. The summed E-state index contributed by atoms with van der Waals surface area (Å²) in [5.41, 5.74) is 6.85. The average molecular weight is 242 g/mol. The normalized spacial score (nSPS) is 13.1. The monoisotopic (exact) mass is 242 g/mol. The van der Waals surface area contributed by atoms with Crippen molar-refractivity contribution in [2.24, 2.45) is 5.73 Å². The van der Waals surface area contributed by atoms with Gasteiger partial charge in [0.25, 0.3) is 0 Å². The summed E-state index contributed by atoms with van der Waals surface area (Å²) in [4.78, 5) is 2.14. The summed E-state index contributed by atoms with van der Waals surface area (Å²) in [7, 11) is 4.10. The molecule has 1 unspecified atom stereocenters. The van der Waals surface area contributed by atoms with Gasteiger partial charge in [-0.05, 0) is 31.8 Å². The zero-order valence-electron chi connectivity index (χ0n) is 9.82. The first-order valence-electron chi connectivity index (χ1n) is 5.33. The lowest BCUT2D eigenvalue weighted by atomic mass is 10.1. The summed E-state index contributed by atoms with van der Waals surface area (Å²) in [6, 6.07) is 6.45. The van der Waals surface area contributed by atoms with Crippen LogP contribution in [0.25, 0.3) is 0 Å². The third-order valence-corrected chi connectivity index (χ3v) is 3.32. The molecule has 1 aromatic carbocycles. The molecule has 0 bridgehead atoms. The van der Waals surface area contributed by atoms with Crippen molar-refractivity contribution >= 4 is 11.8 Å². The number of hydrogen-bond donors (Lipinski definition) is 1. The Balaban J connectivity index is 2.32. The fourth-order valence-electron chi connectivity index (χ4n) is 1.29. The quantitative estimate of drug-likeness (QED) is 0.775. The van der Waals surface area contributed by atoms with E-state index in [2.05, 4.69) is 4.90 Å². The van der Waals surface area contributed by atoms with Crippen molar-refractivity contribution in [1.29, 1.82) is 0 Å². The van der Waals surface area contributed by atoms with Crippen LogP contribution in [0.3, 0.4) is 0 Å². The van der Waals surface area contributed by atoms with Gasteiger partial charge in [-0.2, -0.15) is 11.8 Å². The van der Waals surface area contributed by atoms with Crippen LogP contribution in [0.2, 0.25) is 0 Å². The zero-order chi connectivity index (χ0) is 12.0. The summed E-state index contributed by atoms with van der Waals surface area (Å²) >= 11 is 1.80. The van der Waals surface area contributed by atoms with Crippen LogP contribution >= 0.6 is 11.8 Å². The van der Waals surface area contributed by atoms with Gasteiger partial charge >= 0.3 is 0 Å². The van der Waals surface area contributed by atoms with Gasteiger partial charge < -0.3 is 10.6 Å². The molecule has 0 aliphatic carbocycles. The van der Waals surface area contributed by atoms with Gasteiger partial charge in [0.05, 0.1) is 0 Å². The van der Waals surface area contributed by atoms with Crippen molar-refractivity contribution in [2.75, 3.05) is 32.1 Å². The molecule has 4 heteroatoms. The summed E-state index contributed by atoms with van der Waals surface area (Å²) < 4.78 is 13.0. The van der Waals surface area contributed by atoms with Crippen molar-refractivity contribution < 1.29 is 4.39 Å². The number of rotatable bonds is 6. The Hall–Kier alpha value is -0.580. The van der Waals surface area contributed by atoms with E-state index in [1.807, 2.05) is 20.2 Å². The summed E-state index contributed by atoms with van der Waals surface area (Å²) in [5.74, 6) is 1.67. The highest BCUT2D eigenvalue weighted by Gasteiger charge is 2.06. The number of nitrogens with two attached hydrogens (primary N) is 1. The minimum atomic E-state index is -0.216. The van der Waals surface area contributed by atoms with E-state index in [1.54, 1.807) is 17.8 Å². The number of benzene rings is 1. The van der Waals surface area contributed by atoms with Crippen molar-refractivity contribution in [3.63, 3.8) is 0 Å². The molecule has 0 aliphatic heterocycles. The molecule has 16 heavy (non-hydrogen) atoms. The molecule has 2 nitrogen and oxygen atoms in total.